The number of rotatable bonds is 3. The molecule has 2 rings (SSSR count). The van der Waals surface area contributed by atoms with Crippen LogP contribution in [0.3, 0.4) is 0 Å². The monoisotopic (exact) mass is 274 g/mol. The topological polar surface area (TPSA) is 32.7 Å². The SMILES string of the molecule is CN(C)/N=C\C=C1/CCC/C(=C/c2cccs2)C1=O. The van der Waals surface area contributed by atoms with Crippen molar-refractivity contribution in [3.8, 4) is 0 Å². The number of nitrogens with zero attached hydrogens (tertiary/aromatic N) is 2. The van der Waals surface area contributed by atoms with E-state index in [0.717, 1.165) is 35.3 Å². The van der Waals surface area contributed by atoms with E-state index in [1.165, 1.54) is 0 Å². The summed E-state index contributed by atoms with van der Waals surface area (Å²) in [4.78, 5) is 13.5. The molecule has 0 spiro atoms. The summed E-state index contributed by atoms with van der Waals surface area (Å²) < 4.78 is 0. The summed E-state index contributed by atoms with van der Waals surface area (Å²) in [6.45, 7) is 0. The molecule has 1 heterocycles. The number of allylic oxidation sites excluding steroid dienone is 3. The number of Topliss-reactive ketones (excluding diaryl/α,β-unsaturated/α-hetero) is 1. The third-order valence-corrected chi connectivity index (χ3v) is 3.73. The highest BCUT2D eigenvalue weighted by Gasteiger charge is 2.19. The molecule has 0 aliphatic heterocycles. The summed E-state index contributed by atoms with van der Waals surface area (Å²) in [6.07, 6.45) is 8.30. The molecule has 0 radical (unpaired) electrons. The highest BCUT2D eigenvalue weighted by atomic mass is 32.1. The van der Waals surface area contributed by atoms with Crippen molar-refractivity contribution in [1.82, 2.24) is 5.01 Å². The van der Waals surface area contributed by atoms with Crippen LogP contribution in [-0.4, -0.2) is 31.1 Å². The summed E-state index contributed by atoms with van der Waals surface area (Å²) in [5.41, 5.74) is 1.78. The van der Waals surface area contributed by atoms with Gasteiger partial charge in [-0.05, 0) is 42.9 Å². The zero-order valence-electron chi connectivity index (χ0n) is 11.3. The average molecular weight is 274 g/mol. The molecule has 0 saturated heterocycles. The number of hydrogen-bond donors (Lipinski definition) is 0. The van der Waals surface area contributed by atoms with Gasteiger partial charge in [0.15, 0.2) is 5.78 Å². The molecular weight excluding hydrogens is 256 g/mol. The highest BCUT2D eigenvalue weighted by molar-refractivity contribution is 7.10. The number of ketones is 1. The van der Waals surface area contributed by atoms with Gasteiger partial charge in [0.25, 0.3) is 0 Å². The molecule has 19 heavy (non-hydrogen) atoms. The van der Waals surface area contributed by atoms with Gasteiger partial charge in [-0.2, -0.15) is 5.10 Å². The second kappa shape index (κ2) is 6.48. The van der Waals surface area contributed by atoms with Gasteiger partial charge in [-0.15, -0.1) is 11.3 Å². The molecule has 1 aliphatic rings. The van der Waals surface area contributed by atoms with Gasteiger partial charge in [0.05, 0.1) is 0 Å². The van der Waals surface area contributed by atoms with Crippen LogP contribution in [0, 0.1) is 0 Å². The summed E-state index contributed by atoms with van der Waals surface area (Å²) in [5, 5.41) is 7.86. The van der Waals surface area contributed by atoms with Crippen molar-refractivity contribution < 1.29 is 4.79 Å². The Hall–Kier alpha value is -1.68. The molecule has 1 saturated carbocycles. The lowest BCUT2D eigenvalue weighted by molar-refractivity contribution is -0.112. The van der Waals surface area contributed by atoms with Crippen LogP contribution < -0.4 is 0 Å². The fourth-order valence-corrected chi connectivity index (χ4v) is 2.68. The standard InChI is InChI=1S/C15H18N2OS/c1-17(2)16-9-8-12-5-3-6-13(15(12)18)11-14-7-4-10-19-14/h4,7-11H,3,5-6H2,1-2H3/b12-8+,13-11-,16-9-. The molecule has 1 aromatic heterocycles. The van der Waals surface area contributed by atoms with Crippen LogP contribution in [0.2, 0.25) is 0 Å². The molecule has 1 aromatic rings. The van der Waals surface area contributed by atoms with E-state index in [1.54, 1.807) is 22.6 Å². The van der Waals surface area contributed by atoms with Crippen LogP contribution in [0.1, 0.15) is 24.1 Å². The van der Waals surface area contributed by atoms with E-state index in [2.05, 4.69) is 5.10 Å². The lowest BCUT2D eigenvalue weighted by atomic mass is 9.88. The van der Waals surface area contributed by atoms with E-state index in [4.69, 9.17) is 0 Å². The Morgan fingerprint density at radius 3 is 2.79 bits per heavy atom. The predicted octanol–water partition coefficient (Wildman–Crippen LogP) is 3.36. The van der Waals surface area contributed by atoms with Crippen molar-refractivity contribution in [1.29, 1.82) is 0 Å². The minimum Gasteiger partial charge on any atom is -0.303 e. The largest absolute Gasteiger partial charge is 0.303 e. The maximum Gasteiger partial charge on any atom is 0.185 e. The molecule has 0 aromatic carbocycles. The summed E-state index contributed by atoms with van der Waals surface area (Å²) >= 11 is 1.66. The molecule has 0 amide bonds. The van der Waals surface area contributed by atoms with Crippen LogP contribution in [0.4, 0.5) is 0 Å². The van der Waals surface area contributed by atoms with E-state index in [0.29, 0.717) is 0 Å². The molecule has 0 atom stereocenters. The smallest absolute Gasteiger partial charge is 0.185 e. The minimum atomic E-state index is 0.171. The maximum absolute atomic E-state index is 12.3. The quantitative estimate of drug-likeness (QED) is 0.481. The summed E-state index contributed by atoms with van der Waals surface area (Å²) in [5.74, 6) is 0.171. The molecule has 1 aliphatic carbocycles. The second-order valence-electron chi connectivity index (χ2n) is 4.67. The molecule has 3 nitrogen and oxygen atoms in total. The zero-order valence-corrected chi connectivity index (χ0v) is 12.1. The van der Waals surface area contributed by atoms with Crippen LogP contribution in [0.15, 0.2) is 39.8 Å². The van der Waals surface area contributed by atoms with Crippen molar-refractivity contribution in [3.05, 3.63) is 39.6 Å². The van der Waals surface area contributed by atoms with Crippen LogP contribution in [0.25, 0.3) is 6.08 Å². The van der Waals surface area contributed by atoms with Gasteiger partial charge in [0.1, 0.15) is 0 Å². The first-order chi connectivity index (χ1) is 9.16. The number of hydrazone groups is 1. The van der Waals surface area contributed by atoms with Crippen molar-refractivity contribution in [3.63, 3.8) is 0 Å². The Bertz CT molecular complexity index is 524. The van der Waals surface area contributed by atoms with Crippen LogP contribution in [0.5, 0.6) is 0 Å². The Morgan fingerprint density at radius 2 is 2.11 bits per heavy atom. The van der Waals surface area contributed by atoms with E-state index in [-0.39, 0.29) is 5.78 Å². The van der Waals surface area contributed by atoms with Gasteiger partial charge < -0.3 is 5.01 Å². The lowest BCUT2D eigenvalue weighted by Gasteiger charge is -2.15. The number of carbonyl (C=O) groups is 1. The molecule has 0 unspecified atom stereocenters. The van der Waals surface area contributed by atoms with Crippen molar-refractivity contribution in [2.24, 2.45) is 5.10 Å². The second-order valence-corrected chi connectivity index (χ2v) is 5.65. The first-order valence-corrected chi connectivity index (χ1v) is 7.24. The Kier molecular flexibility index (Phi) is 4.68. The normalized spacial score (nSPS) is 20.6. The van der Waals surface area contributed by atoms with Crippen LogP contribution in [-0.2, 0) is 4.79 Å². The fourth-order valence-electron chi connectivity index (χ4n) is 2.00. The molecule has 0 bridgehead atoms. The number of hydrogen-bond acceptors (Lipinski definition) is 4. The molecule has 0 N–H and O–H groups in total. The summed E-state index contributed by atoms with van der Waals surface area (Å²) in [7, 11) is 3.72. The fraction of sp³-hybridized carbons (Fsp3) is 0.333. The maximum atomic E-state index is 12.3. The Balaban J connectivity index is 2.15. The first kappa shape index (κ1) is 13.7. The Morgan fingerprint density at radius 1 is 1.32 bits per heavy atom. The molecule has 100 valence electrons. The highest BCUT2D eigenvalue weighted by Crippen LogP contribution is 2.27. The first-order valence-electron chi connectivity index (χ1n) is 6.36. The van der Waals surface area contributed by atoms with Gasteiger partial charge in [0, 0.05) is 36.3 Å². The van der Waals surface area contributed by atoms with Gasteiger partial charge in [-0.25, -0.2) is 0 Å². The van der Waals surface area contributed by atoms with Crippen molar-refractivity contribution in [2.75, 3.05) is 14.1 Å². The Labute approximate surface area is 117 Å². The zero-order chi connectivity index (χ0) is 13.7. The van der Waals surface area contributed by atoms with Crippen LogP contribution >= 0.6 is 11.3 Å². The minimum absolute atomic E-state index is 0.171. The van der Waals surface area contributed by atoms with E-state index in [9.17, 15) is 4.79 Å². The number of carbonyl (C=O) groups excluding carboxylic acids is 1. The number of thiophene rings is 1. The van der Waals surface area contributed by atoms with Crippen molar-refractivity contribution in [2.45, 2.75) is 19.3 Å². The summed E-state index contributed by atoms with van der Waals surface area (Å²) in [6, 6.07) is 4.04. The molecular formula is C15H18N2OS. The van der Waals surface area contributed by atoms with E-state index < -0.39 is 0 Å². The third-order valence-electron chi connectivity index (χ3n) is 2.91. The average Bonchev–Trinajstić information content (AvgIpc) is 2.86. The van der Waals surface area contributed by atoms with Gasteiger partial charge in [0.2, 0.25) is 0 Å². The van der Waals surface area contributed by atoms with Gasteiger partial charge in [-0.3, -0.25) is 4.79 Å². The molecule has 1 fully saturated rings. The predicted molar refractivity (Wildman–Crippen MR) is 81.4 cm³/mol. The lowest BCUT2D eigenvalue weighted by Crippen LogP contribution is -2.12. The van der Waals surface area contributed by atoms with Gasteiger partial charge >= 0.3 is 0 Å². The van der Waals surface area contributed by atoms with Gasteiger partial charge in [-0.1, -0.05) is 6.07 Å². The van der Waals surface area contributed by atoms with E-state index in [1.807, 2.05) is 43.8 Å². The van der Waals surface area contributed by atoms with Crippen molar-refractivity contribution >= 4 is 29.4 Å². The third kappa shape index (κ3) is 3.89. The van der Waals surface area contributed by atoms with E-state index >= 15 is 0 Å². The molecule has 4 heteroatoms.